The summed E-state index contributed by atoms with van der Waals surface area (Å²) in [5.74, 6) is 0. The standard InChI is InChI=1S/C10H22O4/c1-4-5-13-8-10(12-3)9-14-7-6-11-2/h10H,4-9H2,1-3H3. The van der Waals surface area contributed by atoms with Gasteiger partial charge in [0.2, 0.25) is 0 Å². The molecule has 0 N–H and O–H groups in total. The van der Waals surface area contributed by atoms with Crippen molar-refractivity contribution in [2.45, 2.75) is 19.4 Å². The summed E-state index contributed by atoms with van der Waals surface area (Å²) < 4.78 is 20.7. The van der Waals surface area contributed by atoms with Crippen LogP contribution in [0.2, 0.25) is 0 Å². The summed E-state index contributed by atoms with van der Waals surface area (Å²) in [6, 6.07) is 0. The molecule has 0 saturated carbocycles. The van der Waals surface area contributed by atoms with Gasteiger partial charge < -0.3 is 18.9 Å². The van der Waals surface area contributed by atoms with Crippen molar-refractivity contribution >= 4 is 0 Å². The first-order valence-electron chi connectivity index (χ1n) is 5.02. The van der Waals surface area contributed by atoms with Gasteiger partial charge >= 0.3 is 0 Å². The van der Waals surface area contributed by atoms with Crippen LogP contribution in [0.5, 0.6) is 0 Å². The molecule has 14 heavy (non-hydrogen) atoms. The van der Waals surface area contributed by atoms with Crippen LogP contribution >= 0.6 is 0 Å². The van der Waals surface area contributed by atoms with E-state index in [2.05, 4.69) is 6.92 Å². The Labute approximate surface area is 86.5 Å². The summed E-state index contributed by atoms with van der Waals surface area (Å²) >= 11 is 0. The minimum Gasteiger partial charge on any atom is -0.382 e. The van der Waals surface area contributed by atoms with Gasteiger partial charge in [-0.25, -0.2) is 0 Å². The maximum atomic E-state index is 5.36. The Bertz CT molecular complexity index is 108. The predicted molar refractivity (Wildman–Crippen MR) is 54.6 cm³/mol. The maximum absolute atomic E-state index is 5.36. The van der Waals surface area contributed by atoms with E-state index in [4.69, 9.17) is 18.9 Å². The summed E-state index contributed by atoms with van der Waals surface area (Å²) in [6.45, 7) is 5.23. The van der Waals surface area contributed by atoms with Gasteiger partial charge in [-0.1, -0.05) is 6.92 Å². The number of methoxy groups -OCH3 is 2. The molecular weight excluding hydrogens is 184 g/mol. The third-order valence-electron chi connectivity index (χ3n) is 1.72. The monoisotopic (exact) mass is 206 g/mol. The van der Waals surface area contributed by atoms with Gasteiger partial charge in [0.1, 0.15) is 6.10 Å². The second kappa shape index (κ2) is 10.9. The predicted octanol–water partition coefficient (Wildman–Crippen LogP) is 1.09. The minimum atomic E-state index is 0.0263. The Hall–Kier alpha value is -0.160. The minimum absolute atomic E-state index is 0.0263. The average molecular weight is 206 g/mol. The Morgan fingerprint density at radius 1 is 0.929 bits per heavy atom. The van der Waals surface area contributed by atoms with Crippen LogP contribution in [0.4, 0.5) is 0 Å². The van der Waals surface area contributed by atoms with Gasteiger partial charge in [-0.2, -0.15) is 0 Å². The molecule has 0 aliphatic heterocycles. The van der Waals surface area contributed by atoms with Crippen LogP contribution in [0, 0.1) is 0 Å². The van der Waals surface area contributed by atoms with Crippen molar-refractivity contribution < 1.29 is 18.9 Å². The van der Waals surface area contributed by atoms with E-state index < -0.39 is 0 Å². The molecule has 0 aromatic heterocycles. The Morgan fingerprint density at radius 2 is 1.57 bits per heavy atom. The molecule has 4 nitrogen and oxygen atoms in total. The first kappa shape index (κ1) is 13.8. The zero-order valence-electron chi connectivity index (χ0n) is 9.45. The van der Waals surface area contributed by atoms with Crippen LogP contribution < -0.4 is 0 Å². The molecule has 86 valence electrons. The first-order valence-corrected chi connectivity index (χ1v) is 5.02. The van der Waals surface area contributed by atoms with Crippen LogP contribution in [0.3, 0.4) is 0 Å². The molecule has 4 heteroatoms. The third kappa shape index (κ3) is 8.44. The normalized spacial score (nSPS) is 13.1. The van der Waals surface area contributed by atoms with Crippen molar-refractivity contribution in [1.82, 2.24) is 0 Å². The van der Waals surface area contributed by atoms with Gasteiger partial charge in [-0.3, -0.25) is 0 Å². The van der Waals surface area contributed by atoms with E-state index in [0.29, 0.717) is 26.4 Å². The van der Waals surface area contributed by atoms with Crippen molar-refractivity contribution in [3.8, 4) is 0 Å². The maximum Gasteiger partial charge on any atom is 0.104 e. The molecular formula is C10H22O4. The van der Waals surface area contributed by atoms with E-state index in [1.165, 1.54) is 0 Å². The van der Waals surface area contributed by atoms with E-state index in [1.54, 1.807) is 14.2 Å². The molecule has 0 heterocycles. The lowest BCUT2D eigenvalue weighted by Gasteiger charge is -2.15. The number of ether oxygens (including phenoxy) is 4. The largest absolute Gasteiger partial charge is 0.382 e. The lowest BCUT2D eigenvalue weighted by Crippen LogP contribution is -2.25. The highest BCUT2D eigenvalue weighted by Gasteiger charge is 2.06. The Balaban J connectivity index is 3.28. The number of hydrogen-bond acceptors (Lipinski definition) is 4. The first-order chi connectivity index (χ1) is 6.85. The topological polar surface area (TPSA) is 36.9 Å². The molecule has 0 amide bonds. The van der Waals surface area contributed by atoms with Gasteiger partial charge in [0.05, 0.1) is 26.4 Å². The van der Waals surface area contributed by atoms with Crippen molar-refractivity contribution in [1.29, 1.82) is 0 Å². The molecule has 1 unspecified atom stereocenters. The third-order valence-corrected chi connectivity index (χ3v) is 1.72. The second-order valence-corrected chi connectivity index (χ2v) is 3.00. The summed E-state index contributed by atoms with van der Waals surface area (Å²) in [7, 11) is 3.32. The van der Waals surface area contributed by atoms with Crippen LogP contribution in [0.1, 0.15) is 13.3 Å². The quantitative estimate of drug-likeness (QED) is 0.501. The number of rotatable bonds is 10. The van der Waals surface area contributed by atoms with Crippen molar-refractivity contribution in [2.24, 2.45) is 0 Å². The van der Waals surface area contributed by atoms with Gasteiger partial charge in [0.15, 0.2) is 0 Å². The molecule has 0 spiro atoms. The SMILES string of the molecule is CCCOCC(COCCOC)OC. The van der Waals surface area contributed by atoms with E-state index in [1.807, 2.05) is 0 Å². The molecule has 0 aromatic carbocycles. The highest BCUT2D eigenvalue weighted by Crippen LogP contribution is 1.94. The molecule has 0 fully saturated rings. The summed E-state index contributed by atoms with van der Waals surface area (Å²) in [6.07, 6.45) is 1.06. The second-order valence-electron chi connectivity index (χ2n) is 3.00. The average Bonchev–Trinajstić information content (AvgIpc) is 2.22. The fourth-order valence-corrected chi connectivity index (χ4v) is 0.900. The highest BCUT2D eigenvalue weighted by atomic mass is 16.6. The number of hydrogen-bond donors (Lipinski definition) is 0. The van der Waals surface area contributed by atoms with E-state index >= 15 is 0 Å². The van der Waals surface area contributed by atoms with E-state index in [0.717, 1.165) is 13.0 Å². The molecule has 0 aromatic rings. The molecule has 0 rings (SSSR count). The van der Waals surface area contributed by atoms with E-state index in [9.17, 15) is 0 Å². The zero-order valence-corrected chi connectivity index (χ0v) is 9.45. The molecule has 0 radical (unpaired) electrons. The lowest BCUT2D eigenvalue weighted by atomic mass is 10.4. The van der Waals surface area contributed by atoms with Gasteiger partial charge in [-0.15, -0.1) is 0 Å². The van der Waals surface area contributed by atoms with Gasteiger partial charge in [-0.05, 0) is 6.42 Å². The highest BCUT2D eigenvalue weighted by molar-refractivity contribution is 4.53. The van der Waals surface area contributed by atoms with Gasteiger partial charge in [0.25, 0.3) is 0 Å². The van der Waals surface area contributed by atoms with Crippen molar-refractivity contribution in [3.05, 3.63) is 0 Å². The van der Waals surface area contributed by atoms with Crippen molar-refractivity contribution in [2.75, 3.05) is 47.3 Å². The molecule has 0 bridgehead atoms. The molecule has 1 atom stereocenters. The Kier molecular flexibility index (Phi) is 10.8. The van der Waals surface area contributed by atoms with Crippen LogP contribution in [0.15, 0.2) is 0 Å². The zero-order chi connectivity index (χ0) is 10.6. The summed E-state index contributed by atoms with van der Waals surface area (Å²) in [5.41, 5.74) is 0. The Morgan fingerprint density at radius 3 is 2.07 bits per heavy atom. The van der Waals surface area contributed by atoms with Gasteiger partial charge in [0, 0.05) is 20.8 Å². The summed E-state index contributed by atoms with van der Waals surface area (Å²) in [4.78, 5) is 0. The smallest absolute Gasteiger partial charge is 0.104 e. The van der Waals surface area contributed by atoms with Crippen molar-refractivity contribution in [3.63, 3.8) is 0 Å². The fourth-order valence-electron chi connectivity index (χ4n) is 0.900. The van der Waals surface area contributed by atoms with Crippen LogP contribution in [-0.2, 0) is 18.9 Å². The molecule has 0 aliphatic rings. The fraction of sp³-hybridized carbons (Fsp3) is 1.00. The van der Waals surface area contributed by atoms with E-state index in [-0.39, 0.29) is 6.10 Å². The van der Waals surface area contributed by atoms with Crippen LogP contribution in [-0.4, -0.2) is 53.4 Å². The van der Waals surface area contributed by atoms with Crippen LogP contribution in [0.25, 0.3) is 0 Å². The summed E-state index contributed by atoms with van der Waals surface area (Å²) in [5, 5.41) is 0. The molecule has 0 aliphatic carbocycles. The molecule has 0 saturated heterocycles. The lowest BCUT2D eigenvalue weighted by molar-refractivity contribution is -0.0476.